The van der Waals surface area contributed by atoms with Crippen LogP contribution >= 0.6 is 0 Å². The number of allylic oxidation sites excluding steroid dienone is 4. The van der Waals surface area contributed by atoms with Gasteiger partial charge in [0.1, 0.15) is 0 Å². The van der Waals surface area contributed by atoms with Crippen LogP contribution in [0.1, 0.15) is 31.9 Å². The lowest BCUT2D eigenvalue weighted by atomic mass is 9.57. The van der Waals surface area contributed by atoms with Gasteiger partial charge < -0.3 is 4.89 Å². The van der Waals surface area contributed by atoms with Crippen molar-refractivity contribution in [2.24, 2.45) is 16.7 Å². The van der Waals surface area contributed by atoms with E-state index in [0.29, 0.717) is 0 Å². The summed E-state index contributed by atoms with van der Waals surface area (Å²) in [6, 6.07) is 20.3. The van der Waals surface area contributed by atoms with Crippen LogP contribution in [0.15, 0.2) is 91.0 Å². The Bertz CT molecular complexity index is 860. The second kappa shape index (κ2) is 7.99. The van der Waals surface area contributed by atoms with E-state index < -0.39 is 17.3 Å². The molecule has 2 aromatic rings. The second-order valence-electron chi connectivity index (χ2n) is 8.11. The first-order chi connectivity index (χ1) is 13.4. The molecule has 0 amide bonds. The first-order valence-corrected chi connectivity index (χ1v) is 9.44. The molecular weight excluding hydrogens is 348 g/mol. The van der Waals surface area contributed by atoms with Gasteiger partial charge in [-0.05, 0) is 22.1 Å². The van der Waals surface area contributed by atoms with E-state index in [9.17, 15) is 4.79 Å². The quantitative estimate of drug-likeness (QED) is 0.534. The number of benzene rings is 2. The smallest absolute Gasteiger partial charge is 0.300 e. The minimum Gasteiger partial charge on any atom is -0.300 e. The summed E-state index contributed by atoms with van der Waals surface area (Å²) in [5, 5.41) is 9.12. The Kier molecular flexibility index (Phi) is 5.66. The van der Waals surface area contributed by atoms with Crippen LogP contribution in [-0.2, 0) is 9.68 Å². The second-order valence-corrected chi connectivity index (χ2v) is 8.11. The third kappa shape index (κ3) is 3.71. The molecule has 0 radical (unpaired) electrons. The van der Waals surface area contributed by atoms with Gasteiger partial charge in [-0.25, -0.2) is 4.79 Å². The van der Waals surface area contributed by atoms with E-state index in [1.54, 1.807) is 6.08 Å². The molecule has 28 heavy (non-hydrogen) atoms. The molecule has 0 aliphatic heterocycles. The molecule has 3 nitrogen and oxygen atoms in total. The van der Waals surface area contributed by atoms with Crippen molar-refractivity contribution in [1.29, 1.82) is 0 Å². The fourth-order valence-electron chi connectivity index (χ4n) is 3.86. The van der Waals surface area contributed by atoms with Crippen molar-refractivity contribution in [3.63, 3.8) is 0 Å². The monoisotopic (exact) mass is 374 g/mol. The number of carbonyl (C=O) groups excluding carboxylic acids is 1. The molecule has 0 saturated heterocycles. The number of rotatable bonds is 4. The molecule has 0 aromatic heterocycles. The van der Waals surface area contributed by atoms with Gasteiger partial charge in [0.05, 0.1) is 5.92 Å². The summed E-state index contributed by atoms with van der Waals surface area (Å²) in [7, 11) is 0. The van der Waals surface area contributed by atoms with Gasteiger partial charge in [0.25, 0.3) is 0 Å². The van der Waals surface area contributed by atoms with Gasteiger partial charge in [-0.15, -0.1) is 0 Å². The molecule has 0 saturated carbocycles. The van der Waals surface area contributed by atoms with Crippen molar-refractivity contribution < 1.29 is 14.9 Å². The van der Waals surface area contributed by atoms with E-state index in [-0.39, 0.29) is 5.41 Å². The average molecular weight is 374 g/mol. The van der Waals surface area contributed by atoms with Crippen molar-refractivity contribution >= 4 is 11.5 Å². The predicted molar refractivity (Wildman–Crippen MR) is 112 cm³/mol. The summed E-state index contributed by atoms with van der Waals surface area (Å²) in [5.74, 6) is -1.29. The largest absolute Gasteiger partial charge is 0.350 e. The van der Waals surface area contributed by atoms with Crippen LogP contribution in [0, 0.1) is 16.7 Å². The van der Waals surface area contributed by atoms with Crippen LogP contribution in [0.3, 0.4) is 0 Å². The van der Waals surface area contributed by atoms with Crippen molar-refractivity contribution in [2.45, 2.75) is 20.8 Å². The summed E-state index contributed by atoms with van der Waals surface area (Å²) in [6.07, 6.45) is 9.77. The highest BCUT2D eigenvalue weighted by Gasteiger charge is 2.49. The molecule has 1 aliphatic carbocycles. The Hall–Kier alpha value is -2.91. The molecule has 1 N–H and O–H groups in total. The van der Waals surface area contributed by atoms with Crippen LogP contribution in [0.4, 0.5) is 0 Å². The predicted octanol–water partition coefficient (Wildman–Crippen LogP) is 5.91. The third-order valence-electron chi connectivity index (χ3n) is 5.50. The fourth-order valence-corrected chi connectivity index (χ4v) is 3.86. The van der Waals surface area contributed by atoms with Gasteiger partial charge in [0.15, 0.2) is 0 Å². The van der Waals surface area contributed by atoms with E-state index >= 15 is 0 Å². The molecule has 144 valence electrons. The maximum atomic E-state index is 12.5. The molecule has 3 heteroatoms. The standard InChI is InChI=1S/C25H26O3/c1-24(2,3)25(17-11-10-16-22(25)23(26)28-27)18-21(19-12-6-4-7-13-19)20-14-8-5-9-15-20/h4-18,22,27H,1-3H3. The first-order valence-electron chi connectivity index (χ1n) is 9.44. The average Bonchev–Trinajstić information content (AvgIpc) is 2.72. The first kappa shape index (κ1) is 19.8. The van der Waals surface area contributed by atoms with Crippen LogP contribution in [0.2, 0.25) is 0 Å². The Morgan fingerprint density at radius 3 is 1.96 bits per heavy atom. The zero-order chi connectivity index (χ0) is 20.2. The fraction of sp³-hybridized carbons (Fsp3) is 0.240. The van der Waals surface area contributed by atoms with Gasteiger partial charge in [-0.1, -0.05) is 112 Å². The third-order valence-corrected chi connectivity index (χ3v) is 5.50. The van der Waals surface area contributed by atoms with Crippen LogP contribution in [0.25, 0.3) is 5.57 Å². The Labute approximate surface area is 166 Å². The van der Waals surface area contributed by atoms with Crippen molar-refractivity contribution in [2.75, 3.05) is 0 Å². The lowest BCUT2D eigenvalue weighted by Gasteiger charge is -2.45. The van der Waals surface area contributed by atoms with E-state index in [4.69, 9.17) is 5.26 Å². The Morgan fingerprint density at radius 1 is 0.964 bits per heavy atom. The molecule has 0 bridgehead atoms. The molecule has 2 unspecified atom stereocenters. The highest BCUT2D eigenvalue weighted by atomic mass is 17.1. The minimum atomic E-state index is -0.678. The van der Waals surface area contributed by atoms with Gasteiger partial charge in [-0.2, -0.15) is 5.26 Å². The summed E-state index contributed by atoms with van der Waals surface area (Å²) in [6.45, 7) is 6.29. The lowest BCUT2D eigenvalue weighted by molar-refractivity contribution is -0.240. The van der Waals surface area contributed by atoms with Crippen molar-refractivity contribution in [3.8, 4) is 0 Å². The number of hydrogen-bond acceptors (Lipinski definition) is 3. The van der Waals surface area contributed by atoms with E-state index in [1.165, 1.54) is 0 Å². The SMILES string of the molecule is CC(C)(C)C1(C=C(c2ccccc2)c2ccccc2)C=CC=CC1C(=O)OO. The molecule has 1 aliphatic rings. The normalized spacial score (nSPS) is 21.2. The highest BCUT2D eigenvalue weighted by Crippen LogP contribution is 2.51. The van der Waals surface area contributed by atoms with E-state index in [1.807, 2.05) is 54.6 Å². The Morgan fingerprint density at radius 2 is 1.50 bits per heavy atom. The molecule has 2 aromatic carbocycles. The number of hydrogen-bond donors (Lipinski definition) is 1. The maximum absolute atomic E-state index is 12.5. The van der Waals surface area contributed by atoms with Crippen LogP contribution in [0.5, 0.6) is 0 Å². The summed E-state index contributed by atoms with van der Waals surface area (Å²) >= 11 is 0. The zero-order valence-electron chi connectivity index (χ0n) is 16.5. The molecule has 0 spiro atoms. The van der Waals surface area contributed by atoms with Crippen molar-refractivity contribution in [3.05, 3.63) is 102 Å². The number of carbonyl (C=O) groups is 1. The van der Waals surface area contributed by atoms with Gasteiger partial charge in [-0.3, -0.25) is 0 Å². The van der Waals surface area contributed by atoms with Gasteiger partial charge in [0.2, 0.25) is 0 Å². The van der Waals surface area contributed by atoms with Crippen LogP contribution in [-0.4, -0.2) is 11.2 Å². The van der Waals surface area contributed by atoms with Crippen LogP contribution < -0.4 is 0 Å². The highest BCUT2D eigenvalue weighted by molar-refractivity contribution is 5.83. The maximum Gasteiger partial charge on any atom is 0.350 e. The summed E-state index contributed by atoms with van der Waals surface area (Å²) in [4.78, 5) is 16.7. The van der Waals surface area contributed by atoms with Gasteiger partial charge in [0, 0.05) is 5.41 Å². The summed E-state index contributed by atoms with van der Waals surface area (Å²) < 4.78 is 0. The van der Waals surface area contributed by atoms with Gasteiger partial charge >= 0.3 is 5.97 Å². The zero-order valence-corrected chi connectivity index (χ0v) is 16.5. The lowest BCUT2D eigenvalue weighted by Crippen LogP contribution is -2.43. The topological polar surface area (TPSA) is 46.5 Å². The van der Waals surface area contributed by atoms with E-state index in [0.717, 1.165) is 16.7 Å². The van der Waals surface area contributed by atoms with Crippen molar-refractivity contribution in [1.82, 2.24) is 0 Å². The molecule has 0 fully saturated rings. The minimum absolute atomic E-state index is 0.318. The molecular formula is C25H26O3. The Balaban J connectivity index is 2.29. The summed E-state index contributed by atoms with van der Waals surface area (Å²) in [5.41, 5.74) is 2.17. The molecule has 0 heterocycles. The molecule has 3 rings (SSSR count). The van der Waals surface area contributed by atoms with E-state index in [2.05, 4.69) is 56.0 Å². The molecule has 2 atom stereocenters.